The maximum absolute atomic E-state index is 11.8. The van der Waals surface area contributed by atoms with Crippen LogP contribution >= 0.6 is 0 Å². The van der Waals surface area contributed by atoms with Crippen molar-refractivity contribution in [3.8, 4) is 5.75 Å². The summed E-state index contributed by atoms with van der Waals surface area (Å²) in [5, 5.41) is 15.4. The maximum Gasteiger partial charge on any atom is 0.314 e. The molecule has 0 bridgehead atoms. The summed E-state index contributed by atoms with van der Waals surface area (Å²) in [6.45, 7) is 1.94. The van der Waals surface area contributed by atoms with Crippen molar-refractivity contribution in [3.63, 3.8) is 0 Å². The van der Waals surface area contributed by atoms with E-state index in [1.165, 1.54) is 11.1 Å². The molecule has 1 saturated carbocycles. The number of urea groups is 1. The molecule has 2 aliphatic rings. The van der Waals surface area contributed by atoms with Crippen LogP contribution in [0.3, 0.4) is 0 Å². The lowest BCUT2D eigenvalue weighted by Gasteiger charge is -2.15. The topological polar surface area (TPSA) is 70.6 Å². The molecule has 0 saturated heterocycles. The minimum atomic E-state index is -0.256. The molecule has 5 heteroatoms. The van der Waals surface area contributed by atoms with Gasteiger partial charge >= 0.3 is 6.03 Å². The lowest BCUT2D eigenvalue weighted by atomic mass is 10.1. The number of nitrogens with one attached hydrogen (secondary N) is 2. The SMILES string of the molecule is O=C(NCCc1ccc2c(c1)CCO2)NC[C@@H]1CCC[C@@H]1O. The van der Waals surface area contributed by atoms with Crippen LogP contribution in [0.2, 0.25) is 0 Å². The fraction of sp³-hybridized carbons (Fsp3) is 0.588. The highest BCUT2D eigenvalue weighted by Gasteiger charge is 2.25. The fourth-order valence-corrected chi connectivity index (χ4v) is 3.26. The van der Waals surface area contributed by atoms with Gasteiger partial charge in [0.2, 0.25) is 0 Å². The first-order valence-electron chi connectivity index (χ1n) is 8.17. The third-order valence-electron chi connectivity index (χ3n) is 4.60. The number of fused-ring (bicyclic) bond motifs is 1. The molecule has 0 unspecified atom stereocenters. The van der Waals surface area contributed by atoms with Crippen LogP contribution in [0.25, 0.3) is 0 Å². The van der Waals surface area contributed by atoms with Gasteiger partial charge in [0.05, 0.1) is 12.7 Å². The van der Waals surface area contributed by atoms with Gasteiger partial charge in [0, 0.05) is 25.4 Å². The van der Waals surface area contributed by atoms with Crippen LogP contribution in [0.4, 0.5) is 4.79 Å². The van der Waals surface area contributed by atoms with Gasteiger partial charge in [-0.15, -0.1) is 0 Å². The molecule has 1 aromatic carbocycles. The van der Waals surface area contributed by atoms with E-state index >= 15 is 0 Å². The van der Waals surface area contributed by atoms with Crippen LogP contribution in [0.1, 0.15) is 30.4 Å². The number of hydrogen-bond donors (Lipinski definition) is 3. The summed E-state index contributed by atoms with van der Waals surface area (Å²) in [6, 6.07) is 6.08. The third-order valence-corrected chi connectivity index (χ3v) is 4.60. The van der Waals surface area contributed by atoms with Gasteiger partial charge in [-0.05, 0) is 36.5 Å². The molecule has 120 valence electrons. The Morgan fingerprint density at radius 2 is 2.23 bits per heavy atom. The molecule has 22 heavy (non-hydrogen) atoms. The first-order chi connectivity index (χ1) is 10.7. The molecule has 3 rings (SSSR count). The number of amides is 2. The predicted octanol–water partition coefficient (Wildman–Crippen LogP) is 1.62. The maximum atomic E-state index is 11.8. The van der Waals surface area contributed by atoms with E-state index in [0.29, 0.717) is 13.1 Å². The van der Waals surface area contributed by atoms with E-state index in [2.05, 4.69) is 22.8 Å². The Kier molecular flexibility index (Phi) is 4.83. The van der Waals surface area contributed by atoms with E-state index in [1.807, 2.05) is 6.07 Å². The van der Waals surface area contributed by atoms with Gasteiger partial charge in [-0.25, -0.2) is 4.79 Å². The van der Waals surface area contributed by atoms with E-state index < -0.39 is 0 Å². The second kappa shape index (κ2) is 7.01. The molecule has 2 atom stereocenters. The Hall–Kier alpha value is -1.75. The molecule has 1 fully saturated rings. The zero-order chi connectivity index (χ0) is 15.4. The number of ether oxygens (including phenoxy) is 1. The van der Waals surface area contributed by atoms with Crippen molar-refractivity contribution in [2.75, 3.05) is 19.7 Å². The number of benzene rings is 1. The van der Waals surface area contributed by atoms with Gasteiger partial charge in [-0.3, -0.25) is 0 Å². The second-order valence-electron chi connectivity index (χ2n) is 6.19. The summed E-state index contributed by atoms with van der Waals surface area (Å²) in [5.74, 6) is 1.20. The smallest absolute Gasteiger partial charge is 0.314 e. The molecule has 2 amide bonds. The standard InChI is InChI=1S/C17H24N2O3/c20-15-3-1-2-14(15)11-19-17(21)18-8-6-12-4-5-16-13(10-12)7-9-22-16/h4-5,10,14-15,20H,1-3,6-9,11H2,(H2,18,19,21)/t14-,15-/m0/s1. The number of hydrogen-bond acceptors (Lipinski definition) is 3. The molecular formula is C17H24N2O3. The normalized spacial score (nSPS) is 23.0. The molecular weight excluding hydrogens is 280 g/mol. The van der Waals surface area contributed by atoms with Gasteiger partial charge in [0.15, 0.2) is 0 Å². The van der Waals surface area contributed by atoms with Crippen molar-refractivity contribution in [1.29, 1.82) is 0 Å². The summed E-state index contributed by atoms with van der Waals surface area (Å²) in [7, 11) is 0. The number of carbonyl (C=O) groups is 1. The van der Waals surface area contributed by atoms with Crippen LogP contribution in [0, 0.1) is 5.92 Å². The number of aliphatic hydroxyl groups is 1. The Morgan fingerprint density at radius 3 is 3.05 bits per heavy atom. The molecule has 1 heterocycles. The van der Waals surface area contributed by atoms with E-state index in [4.69, 9.17) is 4.74 Å². The summed E-state index contributed by atoms with van der Waals surface area (Å²) >= 11 is 0. The van der Waals surface area contributed by atoms with Gasteiger partial charge in [0.1, 0.15) is 5.75 Å². The molecule has 1 aromatic rings. The highest BCUT2D eigenvalue weighted by atomic mass is 16.5. The van der Waals surface area contributed by atoms with Crippen molar-refractivity contribution in [1.82, 2.24) is 10.6 Å². The summed E-state index contributed by atoms with van der Waals surface area (Å²) in [4.78, 5) is 11.8. The number of aliphatic hydroxyl groups excluding tert-OH is 1. The first kappa shape index (κ1) is 15.2. The van der Waals surface area contributed by atoms with E-state index in [0.717, 1.165) is 44.5 Å². The first-order valence-corrected chi connectivity index (χ1v) is 8.17. The van der Waals surface area contributed by atoms with Crippen LogP contribution in [0.15, 0.2) is 18.2 Å². The largest absolute Gasteiger partial charge is 0.493 e. The van der Waals surface area contributed by atoms with Crippen molar-refractivity contribution < 1.29 is 14.6 Å². The number of carbonyl (C=O) groups excluding carboxylic acids is 1. The van der Waals surface area contributed by atoms with Gasteiger partial charge < -0.3 is 20.5 Å². The number of rotatable bonds is 5. The van der Waals surface area contributed by atoms with Gasteiger partial charge in [-0.2, -0.15) is 0 Å². The van der Waals surface area contributed by atoms with E-state index in [-0.39, 0.29) is 18.1 Å². The molecule has 0 spiro atoms. The third kappa shape index (κ3) is 3.71. The Balaban J connectivity index is 1.36. The van der Waals surface area contributed by atoms with Crippen molar-refractivity contribution in [2.24, 2.45) is 5.92 Å². The van der Waals surface area contributed by atoms with Gasteiger partial charge in [0.25, 0.3) is 0 Å². The second-order valence-corrected chi connectivity index (χ2v) is 6.19. The quantitative estimate of drug-likeness (QED) is 0.774. The average Bonchev–Trinajstić information content (AvgIpc) is 3.13. The molecule has 5 nitrogen and oxygen atoms in total. The van der Waals surface area contributed by atoms with Crippen LogP contribution in [-0.4, -0.2) is 36.9 Å². The zero-order valence-electron chi connectivity index (χ0n) is 12.8. The molecule has 3 N–H and O–H groups in total. The lowest BCUT2D eigenvalue weighted by molar-refractivity contribution is 0.132. The zero-order valence-corrected chi connectivity index (χ0v) is 12.8. The Morgan fingerprint density at radius 1 is 1.32 bits per heavy atom. The highest BCUT2D eigenvalue weighted by Crippen LogP contribution is 2.26. The molecule has 0 radical (unpaired) electrons. The molecule has 1 aliphatic carbocycles. The van der Waals surface area contributed by atoms with Gasteiger partial charge in [-0.1, -0.05) is 18.6 Å². The highest BCUT2D eigenvalue weighted by molar-refractivity contribution is 5.73. The van der Waals surface area contributed by atoms with Crippen LogP contribution < -0.4 is 15.4 Å². The molecule has 0 aromatic heterocycles. The van der Waals surface area contributed by atoms with E-state index in [1.54, 1.807) is 0 Å². The summed E-state index contributed by atoms with van der Waals surface area (Å²) < 4.78 is 5.49. The minimum absolute atomic E-state index is 0.149. The Bertz CT molecular complexity index is 533. The molecule has 1 aliphatic heterocycles. The minimum Gasteiger partial charge on any atom is -0.493 e. The monoisotopic (exact) mass is 304 g/mol. The Labute approximate surface area is 131 Å². The summed E-state index contributed by atoms with van der Waals surface area (Å²) in [5.41, 5.74) is 2.48. The van der Waals surface area contributed by atoms with Crippen molar-refractivity contribution >= 4 is 6.03 Å². The van der Waals surface area contributed by atoms with Crippen molar-refractivity contribution in [3.05, 3.63) is 29.3 Å². The predicted molar refractivity (Wildman–Crippen MR) is 84.1 cm³/mol. The van der Waals surface area contributed by atoms with Crippen LogP contribution in [0.5, 0.6) is 5.75 Å². The average molecular weight is 304 g/mol. The summed E-state index contributed by atoms with van der Waals surface area (Å²) in [6.07, 6.45) is 4.44. The van der Waals surface area contributed by atoms with Crippen LogP contribution in [-0.2, 0) is 12.8 Å². The lowest BCUT2D eigenvalue weighted by Crippen LogP contribution is -2.40. The fourth-order valence-electron chi connectivity index (χ4n) is 3.26. The van der Waals surface area contributed by atoms with Crippen molar-refractivity contribution in [2.45, 2.75) is 38.2 Å². The van der Waals surface area contributed by atoms with E-state index in [9.17, 15) is 9.90 Å².